The van der Waals surface area contributed by atoms with Crippen LogP contribution in [-0.4, -0.2) is 67.5 Å². The van der Waals surface area contributed by atoms with Gasteiger partial charge in [0.15, 0.2) is 0 Å². The fourth-order valence-corrected chi connectivity index (χ4v) is 4.52. The number of hydrogen-bond donors (Lipinski definition) is 0. The Morgan fingerprint density at radius 1 is 0.923 bits per heavy atom. The monoisotopic (exact) mass is 357 g/mol. The van der Waals surface area contributed by atoms with E-state index in [1.165, 1.54) is 10.6 Å². The maximum absolute atomic E-state index is 11.7. The third-order valence-corrected chi connectivity index (χ3v) is 5.87. The molecule has 3 heterocycles. The molecule has 1 aromatic carbocycles. The third-order valence-electron chi connectivity index (χ3n) is 5.87. The van der Waals surface area contributed by atoms with Crippen molar-refractivity contribution >= 4 is 17.5 Å². The standard InChI is InChI=1S/C20H27N3O3/c1-2-26-18-5-3-17(4-6-18)22-13-15-11-21(12-16(15)14-22)9-10-23-19(24)7-8-20(23)25/h3-6,15-16H,2,7-14H2,1H3/t15-,16+. The van der Waals surface area contributed by atoms with Crippen molar-refractivity contribution in [3.63, 3.8) is 0 Å². The molecule has 3 aliphatic heterocycles. The molecular formula is C20H27N3O3. The van der Waals surface area contributed by atoms with Crippen molar-refractivity contribution in [3.05, 3.63) is 24.3 Å². The number of anilines is 1. The SMILES string of the molecule is CCOc1ccc(N2C[C@H]3CN(CCN4C(=O)CCC4=O)C[C@H]3C2)cc1. The van der Waals surface area contributed by atoms with E-state index in [-0.39, 0.29) is 11.8 Å². The average molecular weight is 357 g/mol. The van der Waals surface area contributed by atoms with Crippen LogP contribution >= 0.6 is 0 Å². The summed E-state index contributed by atoms with van der Waals surface area (Å²) in [6, 6.07) is 8.38. The molecule has 0 aliphatic carbocycles. The third kappa shape index (κ3) is 3.43. The Morgan fingerprint density at radius 2 is 1.54 bits per heavy atom. The van der Waals surface area contributed by atoms with Gasteiger partial charge in [-0.05, 0) is 43.0 Å². The lowest BCUT2D eigenvalue weighted by Crippen LogP contribution is -2.38. The van der Waals surface area contributed by atoms with Gasteiger partial charge in [-0.25, -0.2) is 0 Å². The lowest BCUT2D eigenvalue weighted by Gasteiger charge is -2.24. The van der Waals surface area contributed by atoms with E-state index in [1.807, 2.05) is 19.1 Å². The van der Waals surface area contributed by atoms with Gasteiger partial charge in [-0.2, -0.15) is 0 Å². The lowest BCUT2D eigenvalue weighted by molar-refractivity contribution is -0.138. The molecule has 0 saturated carbocycles. The molecule has 3 aliphatic rings. The summed E-state index contributed by atoms with van der Waals surface area (Å²) in [5, 5.41) is 0. The Morgan fingerprint density at radius 3 is 2.12 bits per heavy atom. The van der Waals surface area contributed by atoms with Crippen molar-refractivity contribution in [2.75, 3.05) is 50.8 Å². The van der Waals surface area contributed by atoms with E-state index >= 15 is 0 Å². The van der Waals surface area contributed by atoms with Crippen LogP contribution in [0.3, 0.4) is 0 Å². The lowest BCUT2D eigenvalue weighted by atomic mass is 10.0. The van der Waals surface area contributed by atoms with Gasteiger partial charge in [-0.3, -0.25) is 14.5 Å². The molecule has 0 unspecified atom stereocenters. The zero-order chi connectivity index (χ0) is 18.1. The second-order valence-corrected chi connectivity index (χ2v) is 7.55. The highest BCUT2D eigenvalue weighted by Crippen LogP contribution is 2.34. The number of carbonyl (C=O) groups is 2. The molecule has 0 bridgehead atoms. The molecule has 3 saturated heterocycles. The molecule has 4 rings (SSSR count). The predicted molar refractivity (Wildman–Crippen MR) is 99.2 cm³/mol. The number of amides is 2. The van der Waals surface area contributed by atoms with E-state index in [2.05, 4.69) is 21.9 Å². The zero-order valence-electron chi connectivity index (χ0n) is 15.4. The molecule has 2 atom stereocenters. The van der Waals surface area contributed by atoms with Crippen molar-refractivity contribution in [2.24, 2.45) is 11.8 Å². The maximum atomic E-state index is 11.7. The Bertz CT molecular complexity index is 645. The van der Waals surface area contributed by atoms with Crippen LogP contribution in [0.1, 0.15) is 19.8 Å². The van der Waals surface area contributed by atoms with Crippen molar-refractivity contribution in [1.29, 1.82) is 0 Å². The summed E-state index contributed by atoms with van der Waals surface area (Å²) in [7, 11) is 0. The quantitative estimate of drug-likeness (QED) is 0.724. The summed E-state index contributed by atoms with van der Waals surface area (Å²) < 4.78 is 5.52. The predicted octanol–water partition coefficient (Wildman–Crippen LogP) is 1.60. The first kappa shape index (κ1) is 17.3. The summed E-state index contributed by atoms with van der Waals surface area (Å²) in [5.41, 5.74) is 1.27. The minimum atomic E-state index is -0.00364. The molecular weight excluding hydrogens is 330 g/mol. The Hall–Kier alpha value is -2.08. The van der Waals surface area contributed by atoms with Gasteiger partial charge in [0.1, 0.15) is 5.75 Å². The van der Waals surface area contributed by atoms with Crippen LogP contribution in [0.25, 0.3) is 0 Å². The highest BCUT2D eigenvalue weighted by atomic mass is 16.5. The van der Waals surface area contributed by atoms with Gasteiger partial charge in [0.25, 0.3) is 0 Å². The molecule has 3 fully saturated rings. The fraction of sp³-hybridized carbons (Fsp3) is 0.600. The number of rotatable bonds is 6. The molecule has 2 amide bonds. The molecule has 26 heavy (non-hydrogen) atoms. The number of fused-ring (bicyclic) bond motifs is 1. The normalized spacial score (nSPS) is 26.0. The van der Waals surface area contributed by atoms with E-state index in [0.29, 0.717) is 37.8 Å². The van der Waals surface area contributed by atoms with Crippen LogP contribution < -0.4 is 9.64 Å². The first-order valence-electron chi connectivity index (χ1n) is 9.67. The van der Waals surface area contributed by atoms with Crippen LogP contribution in [0, 0.1) is 11.8 Å². The van der Waals surface area contributed by atoms with Gasteiger partial charge < -0.3 is 14.5 Å². The Labute approximate surface area is 154 Å². The van der Waals surface area contributed by atoms with E-state index in [1.54, 1.807) is 0 Å². The van der Waals surface area contributed by atoms with Gasteiger partial charge in [-0.15, -0.1) is 0 Å². The van der Waals surface area contributed by atoms with E-state index in [9.17, 15) is 9.59 Å². The van der Waals surface area contributed by atoms with Crippen LogP contribution in [0.2, 0.25) is 0 Å². The number of likely N-dealkylation sites (tertiary alicyclic amines) is 2. The molecule has 0 radical (unpaired) electrons. The van der Waals surface area contributed by atoms with Crippen molar-refractivity contribution in [2.45, 2.75) is 19.8 Å². The number of benzene rings is 1. The molecule has 0 N–H and O–H groups in total. The molecule has 6 heteroatoms. The average Bonchev–Trinajstić information content (AvgIpc) is 3.28. The molecule has 0 aromatic heterocycles. The van der Waals surface area contributed by atoms with Crippen LogP contribution in [-0.2, 0) is 9.59 Å². The summed E-state index contributed by atoms with van der Waals surface area (Å²) in [4.78, 5) is 29.8. The molecule has 0 spiro atoms. The maximum Gasteiger partial charge on any atom is 0.229 e. The second-order valence-electron chi connectivity index (χ2n) is 7.55. The molecule has 6 nitrogen and oxygen atoms in total. The number of hydrogen-bond acceptors (Lipinski definition) is 5. The van der Waals surface area contributed by atoms with Gasteiger partial charge in [0.2, 0.25) is 11.8 Å². The minimum Gasteiger partial charge on any atom is -0.494 e. The zero-order valence-corrected chi connectivity index (χ0v) is 15.4. The van der Waals surface area contributed by atoms with Crippen molar-refractivity contribution in [1.82, 2.24) is 9.80 Å². The summed E-state index contributed by atoms with van der Waals surface area (Å²) in [6.45, 7) is 8.35. The van der Waals surface area contributed by atoms with E-state index in [4.69, 9.17) is 4.74 Å². The van der Waals surface area contributed by atoms with Crippen LogP contribution in [0.5, 0.6) is 5.75 Å². The van der Waals surface area contributed by atoms with Gasteiger partial charge >= 0.3 is 0 Å². The molecule has 140 valence electrons. The summed E-state index contributed by atoms with van der Waals surface area (Å²) in [5.74, 6) is 2.26. The van der Waals surface area contributed by atoms with Gasteiger partial charge in [0.05, 0.1) is 6.61 Å². The number of imide groups is 1. The van der Waals surface area contributed by atoms with Gasteiger partial charge in [-0.1, -0.05) is 0 Å². The topological polar surface area (TPSA) is 53.1 Å². The molecule has 1 aromatic rings. The number of ether oxygens (including phenoxy) is 1. The first-order chi connectivity index (χ1) is 12.6. The summed E-state index contributed by atoms with van der Waals surface area (Å²) in [6.07, 6.45) is 0.780. The van der Waals surface area contributed by atoms with E-state index in [0.717, 1.165) is 38.5 Å². The Balaban J connectivity index is 1.27. The van der Waals surface area contributed by atoms with Crippen LogP contribution in [0.4, 0.5) is 5.69 Å². The highest BCUT2D eigenvalue weighted by molar-refractivity contribution is 6.01. The highest BCUT2D eigenvalue weighted by Gasteiger charge is 2.40. The fourth-order valence-electron chi connectivity index (χ4n) is 4.52. The van der Waals surface area contributed by atoms with Gasteiger partial charge in [0, 0.05) is 57.8 Å². The largest absolute Gasteiger partial charge is 0.494 e. The number of carbonyl (C=O) groups excluding carboxylic acids is 2. The Kier molecular flexibility index (Phi) is 4.85. The minimum absolute atomic E-state index is 0.00364. The number of nitrogens with zero attached hydrogens (tertiary/aromatic N) is 3. The summed E-state index contributed by atoms with van der Waals surface area (Å²) >= 11 is 0. The van der Waals surface area contributed by atoms with Crippen molar-refractivity contribution in [3.8, 4) is 5.75 Å². The van der Waals surface area contributed by atoms with Crippen LogP contribution in [0.15, 0.2) is 24.3 Å². The second kappa shape index (κ2) is 7.27. The van der Waals surface area contributed by atoms with E-state index < -0.39 is 0 Å². The first-order valence-corrected chi connectivity index (χ1v) is 9.67. The van der Waals surface area contributed by atoms with Crippen molar-refractivity contribution < 1.29 is 14.3 Å². The smallest absolute Gasteiger partial charge is 0.229 e.